The Morgan fingerprint density at radius 2 is 1.88 bits per heavy atom. The number of nitrogens with two attached hydrogens (primary N) is 1. The molecule has 0 aliphatic carbocycles. The molecule has 0 unspecified atom stereocenters. The predicted molar refractivity (Wildman–Crippen MR) is 99.6 cm³/mol. The molecule has 2 heterocycles. The van der Waals surface area contributed by atoms with Gasteiger partial charge in [-0.05, 0) is 37.4 Å². The van der Waals surface area contributed by atoms with Crippen molar-refractivity contribution in [2.24, 2.45) is 5.14 Å². The number of nitrogens with zero attached hydrogens (tertiary/aromatic N) is 2. The zero-order chi connectivity index (χ0) is 19.1. The average Bonchev–Trinajstić information content (AvgIpc) is 3.19. The molecule has 0 bridgehead atoms. The van der Waals surface area contributed by atoms with E-state index >= 15 is 0 Å². The lowest BCUT2D eigenvalue weighted by Crippen LogP contribution is -2.27. The number of primary sulfonamides is 1. The quantitative estimate of drug-likeness (QED) is 0.705. The van der Waals surface area contributed by atoms with Gasteiger partial charge in [0.25, 0.3) is 11.8 Å². The van der Waals surface area contributed by atoms with Gasteiger partial charge in [-0.25, -0.2) is 18.5 Å². The highest BCUT2D eigenvalue weighted by atomic mass is 35.5. The predicted octanol–water partition coefficient (Wildman–Crippen LogP) is 3.63. The lowest BCUT2D eigenvalue weighted by molar-refractivity contribution is 0.0995. The SMILES string of the molecule is Cc1ccc(N(C(=O)c2sccc2S(N)(=O)=O)c2onc(C)c2Cl)cc1. The zero-order valence-corrected chi connectivity index (χ0v) is 16.2. The number of thiophene rings is 1. The van der Waals surface area contributed by atoms with Gasteiger partial charge in [-0.2, -0.15) is 0 Å². The standard InChI is InChI=1S/C16H14ClN3O4S2/c1-9-3-5-11(6-4-9)20(16-13(17)10(2)19-24-16)15(21)14-12(7-8-25-14)26(18,22)23/h3-8H,1-2H3,(H2,18,22,23). The summed E-state index contributed by atoms with van der Waals surface area (Å²) in [6.07, 6.45) is 0. The second-order valence-electron chi connectivity index (χ2n) is 5.52. The van der Waals surface area contributed by atoms with E-state index in [1.54, 1.807) is 19.1 Å². The summed E-state index contributed by atoms with van der Waals surface area (Å²) in [6, 6.07) is 8.30. The molecule has 3 aromatic rings. The van der Waals surface area contributed by atoms with Gasteiger partial charge in [-0.3, -0.25) is 4.79 Å². The van der Waals surface area contributed by atoms with Gasteiger partial charge in [-0.15, -0.1) is 11.3 Å². The lowest BCUT2D eigenvalue weighted by atomic mass is 10.2. The third kappa shape index (κ3) is 3.38. The number of aromatic nitrogens is 1. The monoisotopic (exact) mass is 411 g/mol. The van der Waals surface area contributed by atoms with Gasteiger partial charge in [0.05, 0.1) is 5.69 Å². The molecule has 3 rings (SSSR count). The van der Waals surface area contributed by atoms with Crippen molar-refractivity contribution in [1.82, 2.24) is 5.16 Å². The number of carbonyl (C=O) groups excluding carboxylic acids is 1. The number of halogens is 1. The summed E-state index contributed by atoms with van der Waals surface area (Å²) in [5, 5.41) is 10.6. The van der Waals surface area contributed by atoms with E-state index in [0.717, 1.165) is 16.9 Å². The number of rotatable bonds is 4. The van der Waals surface area contributed by atoms with Crippen LogP contribution in [0.15, 0.2) is 45.1 Å². The first-order valence-electron chi connectivity index (χ1n) is 7.33. The summed E-state index contributed by atoms with van der Waals surface area (Å²) in [5.41, 5.74) is 1.85. The van der Waals surface area contributed by atoms with Gasteiger partial charge >= 0.3 is 0 Å². The van der Waals surface area contributed by atoms with Gasteiger partial charge in [0.15, 0.2) is 0 Å². The summed E-state index contributed by atoms with van der Waals surface area (Å²) in [6.45, 7) is 3.54. The van der Waals surface area contributed by atoms with Gasteiger partial charge in [0.1, 0.15) is 20.5 Å². The molecule has 0 aliphatic rings. The largest absolute Gasteiger partial charge is 0.336 e. The highest BCUT2D eigenvalue weighted by Gasteiger charge is 2.31. The number of aryl methyl sites for hydroxylation is 2. The van der Waals surface area contributed by atoms with Crippen LogP contribution >= 0.6 is 22.9 Å². The van der Waals surface area contributed by atoms with Gasteiger partial charge < -0.3 is 4.52 Å². The van der Waals surface area contributed by atoms with Crippen LogP contribution in [0.3, 0.4) is 0 Å². The molecule has 1 amide bonds. The van der Waals surface area contributed by atoms with Crippen LogP contribution in [0.5, 0.6) is 0 Å². The fourth-order valence-corrected chi connectivity index (χ4v) is 4.34. The van der Waals surface area contributed by atoms with Crippen LogP contribution in [0.2, 0.25) is 5.02 Å². The molecule has 7 nitrogen and oxygen atoms in total. The second kappa shape index (κ2) is 6.84. The first-order valence-corrected chi connectivity index (χ1v) is 10.1. The summed E-state index contributed by atoms with van der Waals surface area (Å²) < 4.78 is 28.8. The molecule has 0 radical (unpaired) electrons. The van der Waals surface area contributed by atoms with Crippen LogP contribution in [-0.4, -0.2) is 19.5 Å². The molecular weight excluding hydrogens is 398 g/mol. The summed E-state index contributed by atoms with van der Waals surface area (Å²) >= 11 is 7.19. The van der Waals surface area contributed by atoms with E-state index in [1.807, 2.05) is 19.1 Å². The second-order valence-corrected chi connectivity index (χ2v) is 8.35. The number of benzene rings is 1. The third-order valence-corrected chi connectivity index (χ3v) is 6.02. The highest BCUT2D eigenvalue weighted by Crippen LogP contribution is 2.37. The van der Waals surface area contributed by atoms with Gasteiger partial charge in [0.2, 0.25) is 10.0 Å². The van der Waals surface area contributed by atoms with Crippen molar-refractivity contribution in [2.45, 2.75) is 18.7 Å². The van der Waals surface area contributed by atoms with Crippen LogP contribution < -0.4 is 10.0 Å². The average molecular weight is 412 g/mol. The Bertz CT molecular complexity index is 1070. The molecule has 2 N–H and O–H groups in total. The van der Waals surface area contributed by atoms with Crippen molar-refractivity contribution in [3.05, 3.63) is 56.9 Å². The maximum atomic E-state index is 13.2. The van der Waals surface area contributed by atoms with E-state index in [9.17, 15) is 13.2 Å². The summed E-state index contributed by atoms with van der Waals surface area (Å²) in [4.78, 5) is 14.1. The Kier molecular flexibility index (Phi) is 4.89. The Morgan fingerprint density at radius 3 is 2.42 bits per heavy atom. The molecule has 10 heteroatoms. The topological polar surface area (TPSA) is 106 Å². The van der Waals surface area contributed by atoms with Crippen molar-refractivity contribution >= 4 is 50.4 Å². The molecule has 0 spiro atoms. The minimum Gasteiger partial charge on any atom is -0.336 e. The van der Waals surface area contributed by atoms with Gasteiger partial charge in [0, 0.05) is 0 Å². The molecule has 136 valence electrons. The summed E-state index contributed by atoms with van der Waals surface area (Å²) in [7, 11) is -4.06. The van der Waals surface area contributed by atoms with Crippen LogP contribution in [-0.2, 0) is 10.0 Å². The van der Waals surface area contributed by atoms with E-state index in [-0.39, 0.29) is 20.7 Å². The summed E-state index contributed by atoms with van der Waals surface area (Å²) in [5.74, 6) is -0.627. The molecule has 0 atom stereocenters. The first-order chi connectivity index (χ1) is 12.2. The fraction of sp³-hybridized carbons (Fsp3) is 0.125. The maximum absolute atomic E-state index is 13.2. The van der Waals surface area contributed by atoms with Crippen molar-refractivity contribution < 1.29 is 17.7 Å². The van der Waals surface area contributed by atoms with Crippen LogP contribution in [0.4, 0.5) is 11.6 Å². The molecule has 0 saturated carbocycles. The van der Waals surface area contributed by atoms with Gasteiger partial charge in [-0.1, -0.05) is 34.5 Å². The number of hydrogen-bond donors (Lipinski definition) is 1. The number of carbonyl (C=O) groups is 1. The Labute approximate surface area is 159 Å². The van der Waals surface area contributed by atoms with Crippen LogP contribution in [0.1, 0.15) is 20.9 Å². The van der Waals surface area contributed by atoms with E-state index < -0.39 is 15.9 Å². The Hall–Kier alpha value is -2.20. The molecule has 0 saturated heterocycles. The zero-order valence-electron chi connectivity index (χ0n) is 13.8. The van der Waals surface area contributed by atoms with Crippen LogP contribution in [0.25, 0.3) is 0 Å². The lowest BCUT2D eigenvalue weighted by Gasteiger charge is -2.20. The minimum absolute atomic E-state index is 0.00629. The van der Waals surface area contributed by atoms with Crippen molar-refractivity contribution in [3.63, 3.8) is 0 Å². The Morgan fingerprint density at radius 1 is 1.23 bits per heavy atom. The smallest absolute Gasteiger partial charge is 0.276 e. The van der Waals surface area contributed by atoms with E-state index in [1.165, 1.54) is 16.3 Å². The molecule has 1 aromatic carbocycles. The number of hydrogen-bond acceptors (Lipinski definition) is 6. The molecule has 0 fully saturated rings. The van der Waals surface area contributed by atoms with Crippen molar-refractivity contribution in [1.29, 1.82) is 0 Å². The fourth-order valence-electron chi connectivity index (χ4n) is 2.29. The third-order valence-electron chi connectivity index (χ3n) is 3.60. The van der Waals surface area contributed by atoms with Crippen LogP contribution in [0, 0.1) is 13.8 Å². The molecule has 0 aliphatic heterocycles. The maximum Gasteiger partial charge on any atom is 0.276 e. The molecular formula is C16H14ClN3O4S2. The van der Waals surface area contributed by atoms with E-state index in [0.29, 0.717) is 11.4 Å². The molecule has 2 aromatic heterocycles. The molecule has 26 heavy (non-hydrogen) atoms. The highest BCUT2D eigenvalue weighted by molar-refractivity contribution is 7.89. The first kappa shape index (κ1) is 18.6. The van der Waals surface area contributed by atoms with Crippen molar-refractivity contribution in [2.75, 3.05) is 4.90 Å². The van der Waals surface area contributed by atoms with Crippen molar-refractivity contribution in [3.8, 4) is 0 Å². The van der Waals surface area contributed by atoms with E-state index in [2.05, 4.69) is 5.16 Å². The Balaban J connectivity index is 2.18. The normalized spacial score (nSPS) is 11.5. The number of amides is 1. The minimum atomic E-state index is -4.06. The van der Waals surface area contributed by atoms with E-state index in [4.69, 9.17) is 21.3 Å². The number of sulfonamides is 1. The number of anilines is 2.